The van der Waals surface area contributed by atoms with Gasteiger partial charge in [-0.1, -0.05) is 13.8 Å². The van der Waals surface area contributed by atoms with Crippen LogP contribution in [0.3, 0.4) is 0 Å². The lowest BCUT2D eigenvalue weighted by Crippen LogP contribution is -2.29. The number of nitrogens with zero attached hydrogens (tertiary/aromatic N) is 1. The lowest BCUT2D eigenvalue weighted by Gasteiger charge is -2.21. The van der Waals surface area contributed by atoms with Crippen LogP contribution in [-0.4, -0.2) is 37.6 Å². The lowest BCUT2D eigenvalue weighted by molar-refractivity contribution is 0.288. The Hall–Kier alpha value is -0.0800. The van der Waals surface area contributed by atoms with Crippen LogP contribution in [0.5, 0.6) is 0 Å². The molecule has 0 aliphatic carbocycles. The summed E-state index contributed by atoms with van der Waals surface area (Å²) in [6.07, 6.45) is 0. The molecule has 2 atom stereocenters. The number of nitrogens with one attached hydrogen (secondary N) is 1. The Labute approximate surface area is 69.0 Å². The molecule has 2 rings (SSSR count). The minimum atomic E-state index is 0.593. The van der Waals surface area contributed by atoms with Gasteiger partial charge in [-0.3, -0.25) is 0 Å². The maximum absolute atomic E-state index is 3.48. The van der Waals surface area contributed by atoms with Crippen molar-refractivity contribution in [1.29, 1.82) is 0 Å². The van der Waals surface area contributed by atoms with Crippen LogP contribution in [0.2, 0.25) is 0 Å². The zero-order valence-corrected chi connectivity index (χ0v) is 7.56. The largest absolute Gasteiger partial charge is 0.316 e. The summed E-state index contributed by atoms with van der Waals surface area (Å²) in [6.45, 7) is 11.0. The molecule has 1 N–H and O–H groups in total. The molecule has 2 saturated heterocycles. The molecule has 2 aliphatic rings. The van der Waals surface area contributed by atoms with E-state index in [0.29, 0.717) is 5.41 Å². The molecule has 2 nitrogen and oxygen atoms in total. The first-order valence-electron chi connectivity index (χ1n) is 4.68. The van der Waals surface area contributed by atoms with Crippen molar-refractivity contribution in [1.82, 2.24) is 10.2 Å². The van der Waals surface area contributed by atoms with Gasteiger partial charge >= 0.3 is 0 Å². The van der Waals surface area contributed by atoms with Crippen LogP contribution in [0.1, 0.15) is 13.8 Å². The molecule has 0 saturated carbocycles. The average Bonchev–Trinajstić information content (AvgIpc) is 2.42. The van der Waals surface area contributed by atoms with Crippen molar-refractivity contribution in [2.45, 2.75) is 13.8 Å². The highest BCUT2D eigenvalue weighted by Gasteiger charge is 2.45. The van der Waals surface area contributed by atoms with E-state index >= 15 is 0 Å². The van der Waals surface area contributed by atoms with Crippen LogP contribution in [0.25, 0.3) is 0 Å². The molecule has 2 unspecified atom stereocenters. The molecule has 0 bridgehead atoms. The van der Waals surface area contributed by atoms with Crippen molar-refractivity contribution >= 4 is 0 Å². The normalized spacial score (nSPS) is 44.7. The maximum Gasteiger partial charge on any atom is 0.00511 e. The Morgan fingerprint density at radius 2 is 2.45 bits per heavy atom. The van der Waals surface area contributed by atoms with Crippen molar-refractivity contribution in [2.24, 2.45) is 11.3 Å². The van der Waals surface area contributed by atoms with Gasteiger partial charge < -0.3 is 10.2 Å². The van der Waals surface area contributed by atoms with E-state index in [0.717, 1.165) is 5.92 Å². The maximum atomic E-state index is 3.48. The monoisotopic (exact) mass is 154 g/mol. The summed E-state index contributed by atoms with van der Waals surface area (Å²) in [5.74, 6) is 0.919. The van der Waals surface area contributed by atoms with E-state index < -0.39 is 0 Å². The van der Waals surface area contributed by atoms with Crippen LogP contribution in [-0.2, 0) is 0 Å². The number of rotatable bonds is 1. The summed E-state index contributed by atoms with van der Waals surface area (Å²) >= 11 is 0. The molecular formula is C9H18N2. The molecule has 2 heteroatoms. The van der Waals surface area contributed by atoms with E-state index in [4.69, 9.17) is 0 Å². The fourth-order valence-electron chi connectivity index (χ4n) is 2.52. The van der Waals surface area contributed by atoms with Crippen LogP contribution < -0.4 is 5.32 Å². The fourth-order valence-corrected chi connectivity index (χ4v) is 2.52. The quantitative estimate of drug-likeness (QED) is 0.593. The van der Waals surface area contributed by atoms with Gasteiger partial charge in [0, 0.05) is 19.6 Å². The highest BCUT2D eigenvalue weighted by atomic mass is 15.2. The zero-order chi connectivity index (χ0) is 7.90. The predicted octanol–water partition coefficient (Wildman–Crippen LogP) is 0.548. The van der Waals surface area contributed by atoms with Crippen LogP contribution in [0, 0.1) is 11.3 Å². The van der Waals surface area contributed by atoms with E-state index in [-0.39, 0.29) is 0 Å². The molecule has 2 aliphatic heterocycles. The van der Waals surface area contributed by atoms with E-state index in [1.54, 1.807) is 0 Å². The second-order valence-corrected chi connectivity index (χ2v) is 4.31. The van der Waals surface area contributed by atoms with Gasteiger partial charge in [-0.05, 0) is 24.4 Å². The minimum absolute atomic E-state index is 0.593. The summed E-state index contributed by atoms with van der Waals surface area (Å²) in [5, 5.41) is 3.48. The lowest BCUT2D eigenvalue weighted by atomic mass is 9.83. The van der Waals surface area contributed by atoms with E-state index in [1.165, 1.54) is 32.7 Å². The second-order valence-electron chi connectivity index (χ2n) is 4.31. The molecule has 0 aromatic carbocycles. The van der Waals surface area contributed by atoms with E-state index in [1.807, 2.05) is 0 Å². The Morgan fingerprint density at radius 1 is 1.64 bits per heavy atom. The number of hydrogen-bond donors (Lipinski definition) is 1. The highest BCUT2D eigenvalue weighted by molar-refractivity contribution is 4.99. The van der Waals surface area contributed by atoms with Crippen LogP contribution in [0.15, 0.2) is 0 Å². The van der Waals surface area contributed by atoms with Gasteiger partial charge in [0.05, 0.1) is 0 Å². The second kappa shape index (κ2) is 2.46. The van der Waals surface area contributed by atoms with Crippen LogP contribution in [0.4, 0.5) is 0 Å². The third kappa shape index (κ3) is 1.09. The third-order valence-electron chi connectivity index (χ3n) is 3.42. The van der Waals surface area contributed by atoms with Gasteiger partial charge in [0.1, 0.15) is 0 Å². The van der Waals surface area contributed by atoms with Gasteiger partial charge in [-0.2, -0.15) is 0 Å². The van der Waals surface area contributed by atoms with E-state index in [9.17, 15) is 0 Å². The summed E-state index contributed by atoms with van der Waals surface area (Å²) in [4.78, 5) is 2.57. The van der Waals surface area contributed by atoms with Gasteiger partial charge in [0.15, 0.2) is 0 Å². The molecule has 0 spiro atoms. The summed E-state index contributed by atoms with van der Waals surface area (Å²) in [6, 6.07) is 0. The average molecular weight is 154 g/mol. The summed E-state index contributed by atoms with van der Waals surface area (Å²) in [7, 11) is 0. The Morgan fingerprint density at radius 3 is 3.09 bits per heavy atom. The molecule has 0 radical (unpaired) electrons. The number of hydrogen-bond acceptors (Lipinski definition) is 2. The zero-order valence-electron chi connectivity index (χ0n) is 7.56. The first kappa shape index (κ1) is 7.56. The summed E-state index contributed by atoms with van der Waals surface area (Å²) < 4.78 is 0. The predicted molar refractivity (Wildman–Crippen MR) is 46.6 cm³/mol. The minimum Gasteiger partial charge on any atom is -0.316 e. The number of fused-ring (bicyclic) bond motifs is 1. The molecule has 0 aromatic rings. The fraction of sp³-hybridized carbons (Fsp3) is 1.00. The van der Waals surface area contributed by atoms with Gasteiger partial charge in [0.25, 0.3) is 0 Å². The van der Waals surface area contributed by atoms with Crippen molar-refractivity contribution < 1.29 is 0 Å². The van der Waals surface area contributed by atoms with Gasteiger partial charge in [0.2, 0.25) is 0 Å². The highest BCUT2D eigenvalue weighted by Crippen LogP contribution is 2.37. The molecule has 0 amide bonds. The number of likely N-dealkylation sites (tertiary alicyclic amines) is 1. The van der Waals surface area contributed by atoms with Crippen molar-refractivity contribution in [2.75, 3.05) is 32.7 Å². The molecule has 64 valence electrons. The third-order valence-corrected chi connectivity index (χ3v) is 3.42. The van der Waals surface area contributed by atoms with Gasteiger partial charge in [-0.25, -0.2) is 0 Å². The molecular weight excluding hydrogens is 136 g/mol. The topological polar surface area (TPSA) is 15.3 Å². The van der Waals surface area contributed by atoms with Crippen LogP contribution >= 0.6 is 0 Å². The molecule has 2 heterocycles. The Kier molecular flexibility index (Phi) is 1.69. The first-order chi connectivity index (χ1) is 5.24. The summed E-state index contributed by atoms with van der Waals surface area (Å²) in [5.41, 5.74) is 0.593. The Bertz CT molecular complexity index is 158. The standard InChI is InChI=1S/C9H18N2/c1-3-11-5-8-4-10-6-9(8,2)7-11/h8,10H,3-7H2,1-2H3. The smallest absolute Gasteiger partial charge is 0.00511 e. The molecule has 0 aromatic heterocycles. The van der Waals surface area contributed by atoms with Crippen molar-refractivity contribution in [3.63, 3.8) is 0 Å². The molecule has 11 heavy (non-hydrogen) atoms. The Balaban J connectivity index is 2.06. The van der Waals surface area contributed by atoms with Gasteiger partial charge in [-0.15, -0.1) is 0 Å². The first-order valence-corrected chi connectivity index (χ1v) is 4.68. The van der Waals surface area contributed by atoms with Crippen molar-refractivity contribution in [3.8, 4) is 0 Å². The van der Waals surface area contributed by atoms with E-state index in [2.05, 4.69) is 24.1 Å². The van der Waals surface area contributed by atoms with Crippen molar-refractivity contribution in [3.05, 3.63) is 0 Å². The molecule has 2 fully saturated rings. The SMILES string of the molecule is CCN1CC2CNCC2(C)C1.